The van der Waals surface area contributed by atoms with Crippen molar-refractivity contribution in [3.8, 4) is 11.5 Å². The van der Waals surface area contributed by atoms with Gasteiger partial charge in [0.15, 0.2) is 5.84 Å². The van der Waals surface area contributed by atoms with Gasteiger partial charge in [-0.2, -0.15) is 5.10 Å². The molecule has 0 amide bonds. The lowest BCUT2D eigenvalue weighted by molar-refractivity contribution is 0.443. The zero-order chi connectivity index (χ0) is 19.3. The molecule has 0 radical (unpaired) electrons. The number of hydrogen-bond donors (Lipinski definition) is 3. The lowest BCUT2D eigenvalue weighted by Crippen LogP contribution is -2.27. The highest BCUT2D eigenvalue weighted by atomic mass is 16.3. The number of anilines is 1. The van der Waals surface area contributed by atoms with Gasteiger partial charge in [0.2, 0.25) is 0 Å². The second-order valence-electron chi connectivity index (χ2n) is 7.08. The Morgan fingerprint density at radius 2 is 1.85 bits per heavy atom. The van der Waals surface area contributed by atoms with Crippen LogP contribution in [0, 0.1) is 0 Å². The Hall–Kier alpha value is -3.41. The number of nitrogens with zero attached hydrogens (tertiary/aromatic N) is 3. The van der Waals surface area contributed by atoms with E-state index in [0.29, 0.717) is 17.2 Å². The molecule has 3 aromatic rings. The van der Waals surface area contributed by atoms with Crippen LogP contribution in [0.1, 0.15) is 30.9 Å². The van der Waals surface area contributed by atoms with Crippen molar-refractivity contribution in [2.75, 3.05) is 4.90 Å². The summed E-state index contributed by atoms with van der Waals surface area (Å²) in [7, 11) is 2.01. The first-order chi connectivity index (χ1) is 12.9. The maximum Gasteiger partial charge on any atom is 0.170 e. The summed E-state index contributed by atoms with van der Waals surface area (Å²) in [5, 5.41) is 26.1. The second-order valence-corrected chi connectivity index (χ2v) is 7.08. The Kier molecular flexibility index (Phi) is 3.84. The summed E-state index contributed by atoms with van der Waals surface area (Å²) >= 11 is 0. The molecule has 2 heterocycles. The van der Waals surface area contributed by atoms with Crippen LogP contribution in [0.5, 0.6) is 11.5 Å². The lowest BCUT2D eigenvalue weighted by atomic mass is 9.98. The Bertz CT molecular complexity index is 1090. The predicted octanol–water partition coefficient (Wildman–Crippen LogP) is 3.96. The molecule has 1 aliphatic heterocycles. The number of nitrogens with one attached hydrogen (secondary N) is 1. The largest absolute Gasteiger partial charge is 0.508 e. The van der Waals surface area contributed by atoms with Gasteiger partial charge in [-0.15, -0.1) is 0 Å². The number of phenols is 2. The number of hydrogen-bond acceptors (Lipinski definition) is 5. The van der Waals surface area contributed by atoms with E-state index in [1.165, 1.54) is 6.07 Å². The van der Waals surface area contributed by atoms with Crippen LogP contribution in [0.4, 0.5) is 5.69 Å². The molecular formula is C21H22N4O2. The molecule has 1 aromatic heterocycles. The third-order valence-electron chi connectivity index (χ3n) is 4.91. The monoisotopic (exact) mass is 362 g/mol. The van der Waals surface area contributed by atoms with Gasteiger partial charge in [0.05, 0.1) is 5.56 Å². The van der Waals surface area contributed by atoms with Crippen LogP contribution in [-0.4, -0.2) is 20.6 Å². The van der Waals surface area contributed by atoms with E-state index in [1.807, 2.05) is 44.1 Å². The fourth-order valence-corrected chi connectivity index (χ4v) is 3.45. The highest BCUT2D eigenvalue weighted by Gasteiger charge is 2.28. The molecule has 3 N–H and O–H groups in total. The molecule has 6 heteroatoms. The highest BCUT2D eigenvalue weighted by Crippen LogP contribution is 2.36. The molecule has 0 saturated carbocycles. The molecule has 2 aromatic carbocycles. The van der Waals surface area contributed by atoms with Gasteiger partial charge in [-0.25, -0.2) is 0 Å². The molecule has 4 rings (SSSR count). The van der Waals surface area contributed by atoms with E-state index < -0.39 is 0 Å². The first kappa shape index (κ1) is 17.0. The summed E-state index contributed by atoms with van der Waals surface area (Å²) in [6, 6.07) is 11.3. The van der Waals surface area contributed by atoms with E-state index in [1.54, 1.807) is 6.07 Å². The number of fused-ring (bicyclic) bond motifs is 1. The van der Waals surface area contributed by atoms with E-state index in [4.69, 9.17) is 0 Å². The third kappa shape index (κ3) is 2.70. The molecule has 0 aliphatic carbocycles. The van der Waals surface area contributed by atoms with Crippen LogP contribution in [0.2, 0.25) is 0 Å². The van der Waals surface area contributed by atoms with Gasteiger partial charge in [-0.05, 0) is 41.8 Å². The maximum absolute atomic E-state index is 10.5. The molecule has 138 valence electrons. The average Bonchev–Trinajstić information content (AvgIpc) is 3.17. The van der Waals surface area contributed by atoms with Crippen LogP contribution >= 0.6 is 0 Å². The molecule has 0 spiro atoms. The molecule has 6 nitrogen and oxygen atoms in total. The van der Waals surface area contributed by atoms with E-state index in [2.05, 4.69) is 33.8 Å². The topological polar surface area (TPSA) is 73.0 Å². The van der Waals surface area contributed by atoms with Crippen LogP contribution in [0.3, 0.4) is 0 Å². The van der Waals surface area contributed by atoms with E-state index >= 15 is 0 Å². The van der Waals surface area contributed by atoms with Gasteiger partial charge < -0.3 is 14.8 Å². The zero-order valence-electron chi connectivity index (χ0n) is 15.6. The minimum Gasteiger partial charge on any atom is -0.508 e. The molecule has 0 saturated heterocycles. The standard InChI is InChI=1S/C21H22N4O2/c1-12(2)16-10-17(20(27)11-19(16)26)21-23-22-13(3)25(21)15-5-6-18-14(9-15)7-8-24(18)4/h5-12,22,26-27H,3H2,1-2,4H3. The van der Waals surface area contributed by atoms with Crippen molar-refractivity contribution in [1.82, 2.24) is 9.99 Å². The van der Waals surface area contributed by atoms with Gasteiger partial charge in [-0.3, -0.25) is 10.3 Å². The van der Waals surface area contributed by atoms with Crippen molar-refractivity contribution >= 4 is 22.4 Å². The maximum atomic E-state index is 10.5. The first-order valence-corrected chi connectivity index (χ1v) is 8.81. The Balaban J connectivity index is 1.83. The molecule has 0 unspecified atom stereocenters. The van der Waals surface area contributed by atoms with Crippen molar-refractivity contribution < 1.29 is 10.2 Å². The molecule has 0 bridgehead atoms. The number of hydrazone groups is 1. The smallest absolute Gasteiger partial charge is 0.170 e. The van der Waals surface area contributed by atoms with Gasteiger partial charge in [0.1, 0.15) is 17.3 Å². The Morgan fingerprint density at radius 1 is 1.07 bits per heavy atom. The number of aromatic nitrogens is 1. The van der Waals surface area contributed by atoms with Crippen LogP contribution in [0.15, 0.2) is 60.1 Å². The second kappa shape index (κ2) is 6.09. The van der Waals surface area contributed by atoms with Crippen molar-refractivity contribution in [2.45, 2.75) is 19.8 Å². The SMILES string of the molecule is C=C1NN=C(c2cc(C(C)C)c(O)cc2O)N1c1ccc2c(ccn2C)c1. The summed E-state index contributed by atoms with van der Waals surface area (Å²) in [5.74, 6) is 1.29. The van der Waals surface area contributed by atoms with E-state index in [0.717, 1.165) is 22.2 Å². The van der Waals surface area contributed by atoms with Crippen molar-refractivity contribution in [1.29, 1.82) is 0 Å². The molecule has 0 fully saturated rings. The Labute approximate surface area is 157 Å². The predicted molar refractivity (Wildman–Crippen MR) is 108 cm³/mol. The summed E-state index contributed by atoms with van der Waals surface area (Å²) in [5.41, 5.74) is 6.21. The van der Waals surface area contributed by atoms with Gasteiger partial charge >= 0.3 is 0 Å². The summed E-state index contributed by atoms with van der Waals surface area (Å²) < 4.78 is 2.06. The minimum atomic E-state index is -0.0297. The normalized spacial score (nSPS) is 14.1. The molecule has 0 atom stereocenters. The number of benzene rings is 2. The summed E-state index contributed by atoms with van der Waals surface area (Å²) in [4.78, 5) is 1.86. The number of rotatable bonds is 3. The molecule has 1 aliphatic rings. The summed E-state index contributed by atoms with van der Waals surface area (Å²) in [6.07, 6.45) is 2.02. The minimum absolute atomic E-state index is 0.0297. The number of aryl methyl sites for hydroxylation is 1. The van der Waals surface area contributed by atoms with E-state index in [-0.39, 0.29) is 17.4 Å². The zero-order valence-corrected chi connectivity index (χ0v) is 15.6. The van der Waals surface area contributed by atoms with Gasteiger partial charge in [0, 0.05) is 35.9 Å². The van der Waals surface area contributed by atoms with Crippen LogP contribution in [-0.2, 0) is 7.05 Å². The highest BCUT2D eigenvalue weighted by molar-refractivity contribution is 6.15. The number of aromatic hydroxyl groups is 2. The molecular weight excluding hydrogens is 340 g/mol. The number of amidine groups is 1. The fraction of sp³-hybridized carbons (Fsp3) is 0.190. The summed E-state index contributed by atoms with van der Waals surface area (Å²) in [6.45, 7) is 8.02. The van der Waals surface area contributed by atoms with E-state index in [9.17, 15) is 10.2 Å². The van der Waals surface area contributed by atoms with Crippen molar-refractivity contribution in [3.05, 3.63) is 66.1 Å². The van der Waals surface area contributed by atoms with Gasteiger partial charge in [0.25, 0.3) is 0 Å². The average molecular weight is 362 g/mol. The Morgan fingerprint density at radius 3 is 2.59 bits per heavy atom. The van der Waals surface area contributed by atoms with Gasteiger partial charge in [-0.1, -0.05) is 20.4 Å². The molecule has 27 heavy (non-hydrogen) atoms. The fourth-order valence-electron chi connectivity index (χ4n) is 3.45. The number of phenolic OH excluding ortho intramolecular Hbond substituents is 2. The van der Waals surface area contributed by atoms with Crippen LogP contribution in [0.25, 0.3) is 10.9 Å². The first-order valence-electron chi connectivity index (χ1n) is 8.81. The van der Waals surface area contributed by atoms with Crippen LogP contribution < -0.4 is 10.3 Å². The lowest BCUT2D eigenvalue weighted by Gasteiger charge is -2.22. The van der Waals surface area contributed by atoms with Crippen molar-refractivity contribution in [3.63, 3.8) is 0 Å². The third-order valence-corrected chi connectivity index (χ3v) is 4.91. The quantitative estimate of drug-likeness (QED) is 0.659. The van der Waals surface area contributed by atoms with Crippen molar-refractivity contribution in [2.24, 2.45) is 12.1 Å².